The molecule has 3 aromatic heterocycles. The number of thiophene rings is 1. The van der Waals surface area contributed by atoms with Crippen molar-refractivity contribution in [2.24, 2.45) is 0 Å². The first-order chi connectivity index (χ1) is 12.7. The Morgan fingerprint density at radius 3 is 2.62 bits per heavy atom. The summed E-state index contributed by atoms with van der Waals surface area (Å²) in [5.74, 6) is 1.51. The van der Waals surface area contributed by atoms with Crippen LogP contribution < -0.4 is 4.90 Å². The van der Waals surface area contributed by atoms with Gasteiger partial charge in [0.15, 0.2) is 5.76 Å². The van der Waals surface area contributed by atoms with Crippen LogP contribution in [0.1, 0.15) is 18.2 Å². The molecule has 3 aromatic rings. The van der Waals surface area contributed by atoms with Crippen molar-refractivity contribution in [3.63, 3.8) is 0 Å². The van der Waals surface area contributed by atoms with Gasteiger partial charge in [-0.2, -0.15) is 0 Å². The van der Waals surface area contributed by atoms with Gasteiger partial charge in [0, 0.05) is 38.4 Å². The van der Waals surface area contributed by atoms with Gasteiger partial charge in [-0.15, -0.1) is 11.3 Å². The minimum absolute atomic E-state index is 0.715. The monoisotopic (exact) mass is 369 g/mol. The minimum Gasteiger partial charge on any atom is -0.356 e. The third kappa shape index (κ3) is 3.24. The first-order valence-electron chi connectivity index (χ1n) is 8.98. The van der Waals surface area contributed by atoms with Crippen LogP contribution in [0, 0.1) is 13.8 Å². The van der Waals surface area contributed by atoms with Crippen LogP contribution in [-0.2, 0) is 0 Å². The van der Waals surface area contributed by atoms with Crippen LogP contribution in [-0.4, -0.2) is 52.7 Å². The van der Waals surface area contributed by atoms with E-state index in [9.17, 15) is 0 Å². The van der Waals surface area contributed by atoms with Gasteiger partial charge in [-0.25, -0.2) is 9.97 Å². The van der Waals surface area contributed by atoms with Gasteiger partial charge in [0.25, 0.3) is 0 Å². The molecule has 0 aliphatic carbocycles. The standard InChI is InChI=1S/C19H23N5OS/c1-4-23-6-8-24(9-7-23)19-20-12-15(16-11-14(3)22-25-16)17(21-19)18-13(2)5-10-26-18/h5,10-12H,4,6-9H2,1-3H3. The van der Waals surface area contributed by atoms with Gasteiger partial charge < -0.3 is 14.3 Å². The molecule has 1 aliphatic heterocycles. The van der Waals surface area contributed by atoms with Gasteiger partial charge in [0.1, 0.15) is 0 Å². The average Bonchev–Trinajstić information content (AvgIpc) is 3.29. The fourth-order valence-electron chi connectivity index (χ4n) is 3.25. The van der Waals surface area contributed by atoms with Gasteiger partial charge in [-0.05, 0) is 37.4 Å². The predicted molar refractivity (Wildman–Crippen MR) is 105 cm³/mol. The van der Waals surface area contributed by atoms with Gasteiger partial charge in [-0.3, -0.25) is 0 Å². The van der Waals surface area contributed by atoms with Crippen LogP contribution >= 0.6 is 11.3 Å². The quantitative estimate of drug-likeness (QED) is 0.700. The van der Waals surface area contributed by atoms with Crippen molar-refractivity contribution < 1.29 is 4.52 Å². The van der Waals surface area contributed by atoms with Gasteiger partial charge in [0.2, 0.25) is 5.95 Å². The molecule has 4 rings (SSSR count). The smallest absolute Gasteiger partial charge is 0.226 e. The number of rotatable bonds is 4. The summed E-state index contributed by atoms with van der Waals surface area (Å²) in [7, 11) is 0. The van der Waals surface area contributed by atoms with E-state index in [-0.39, 0.29) is 0 Å². The molecule has 1 aliphatic rings. The number of piperazine rings is 1. The average molecular weight is 369 g/mol. The number of aryl methyl sites for hydroxylation is 2. The topological polar surface area (TPSA) is 58.3 Å². The molecule has 0 spiro atoms. The molecule has 0 saturated carbocycles. The van der Waals surface area contributed by atoms with Gasteiger partial charge >= 0.3 is 0 Å². The summed E-state index contributed by atoms with van der Waals surface area (Å²) >= 11 is 1.70. The highest BCUT2D eigenvalue weighted by Gasteiger charge is 2.22. The lowest BCUT2D eigenvalue weighted by molar-refractivity contribution is 0.270. The zero-order chi connectivity index (χ0) is 18.1. The molecule has 136 valence electrons. The summed E-state index contributed by atoms with van der Waals surface area (Å²) in [5, 5.41) is 6.12. The Hall–Kier alpha value is -2.25. The molecule has 26 heavy (non-hydrogen) atoms. The minimum atomic E-state index is 0.715. The zero-order valence-corrected chi connectivity index (χ0v) is 16.2. The summed E-state index contributed by atoms with van der Waals surface area (Å²) < 4.78 is 5.50. The molecular weight excluding hydrogens is 346 g/mol. The van der Waals surface area contributed by atoms with Crippen molar-refractivity contribution in [2.45, 2.75) is 20.8 Å². The molecule has 0 amide bonds. The van der Waals surface area contributed by atoms with Crippen molar-refractivity contribution in [3.8, 4) is 21.9 Å². The van der Waals surface area contributed by atoms with E-state index in [4.69, 9.17) is 9.51 Å². The Labute approximate surface area is 157 Å². The van der Waals surface area contributed by atoms with E-state index in [2.05, 4.69) is 45.2 Å². The van der Waals surface area contributed by atoms with Crippen LogP contribution in [0.2, 0.25) is 0 Å². The number of hydrogen-bond donors (Lipinski definition) is 0. The maximum absolute atomic E-state index is 5.50. The fraction of sp³-hybridized carbons (Fsp3) is 0.421. The lowest BCUT2D eigenvalue weighted by Crippen LogP contribution is -2.46. The molecule has 0 aromatic carbocycles. The molecule has 0 N–H and O–H groups in total. The van der Waals surface area contributed by atoms with Crippen molar-refractivity contribution in [1.29, 1.82) is 0 Å². The summed E-state index contributed by atoms with van der Waals surface area (Å²) in [6.45, 7) is 11.4. The maximum atomic E-state index is 5.50. The number of anilines is 1. The van der Waals surface area contributed by atoms with E-state index in [1.807, 2.05) is 19.2 Å². The lowest BCUT2D eigenvalue weighted by Gasteiger charge is -2.34. The maximum Gasteiger partial charge on any atom is 0.226 e. The molecule has 0 unspecified atom stereocenters. The fourth-order valence-corrected chi connectivity index (χ4v) is 4.18. The van der Waals surface area contributed by atoms with Crippen LogP contribution in [0.3, 0.4) is 0 Å². The van der Waals surface area contributed by atoms with Gasteiger partial charge in [-0.1, -0.05) is 12.1 Å². The van der Waals surface area contributed by atoms with Crippen LogP contribution in [0.25, 0.3) is 21.9 Å². The molecular formula is C19H23N5OS. The van der Waals surface area contributed by atoms with Gasteiger partial charge in [0.05, 0.1) is 21.8 Å². The Morgan fingerprint density at radius 1 is 1.19 bits per heavy atom. The van der Waals surface area contributed by atoms with E-state index >= 15 is 0 Å². The third-order valence-electron chi connectivity index (χ3n) is 4.85. The van der Waals surface area contributed by atoms with Crippen LogP contribution in [0.4, 0.5) is 5.95 Å². The molecule has 1 fully saturated rings. The van der Waals surface area contributed by atoms with Crippen molar-refractivity contribution >= 4 is 17.3 Å². The summed E-state index contributed by atoms with van der Waals surface area (Å²) in [6, 6.07) is 4.06. The van der Waals surface area contributed by atoms with E-state index in [0.29, 0.717) is 5.76 Å². The number of likely N-dealkylation sites (N-methyl/N-ethyl adjacent to an activating group) is 1. The van der Waals surface area contributed by atoms with Crippen molar-refractivity contribution in [1.82, 2.24) is 20.0 Å². The highest BCUT2D eigenvalue weighted by Crippen LogP contribution is 2.36. The second-order valence-corrected chi connectivity index (χ2v) is 7.53. The lowest BCUT2D eigenvalue weighted by atomic mass is 10.1. The second-order valence-electron chi connectivity index (χ2n) is 6.62. The highest BCUT2D eigenvalue weighted by molar-refractivity contribution is 7.13. The third-order valence-corrected chi connectivity index (χ3v) is 5.87. The molecule has 6 nitrogen and oxygen atoms in total. The largest absolute Gasteiger partial charge is 0.356 e. The second kappa shape index (κ2) is 7.17. The number of nitrogens with zero attached hydrogens (tertiary/aromatic N) is 5. The normalized spacial score (nSPS) is 15.6. The molecule has 0 atom stereocenters. The predicted octanol–water partition coefficient (Wildman–Crippen LogP) is 3.62. The van der Waals surface area contributed by atoms with E-state index < -0.39 is 0 Å². The van der Waals surface area contributed by atoms with Crippen molar-refractivity contribution in [3.05, 3.63) is 35.0 Å². The number of hydrogen-bond acceptors (Lipinski definition) is 7. The Balaban J connectivity index is 1.74. The first kappa shape index (κ1) is 17.2. The highest BCUT2D eigenvalue weighted by atomic mass is 32.1. The Bertz CT molecular complexity index is 895. The first-order valence-corrected chi connectivity index (χ1v) is 9.86. The number of aromatic nitrogens is 3. The Morgan fingerprint density at radius 2 is 2.00 bits per heavy atom. The molecule has 4 heterocycles. The summed E-state index contributed by atoms with van der Waals surface area (Å²) in [6.07, 6.45) is 1.88. The SMILES string of the molecule is CCN1CCN(c2ncc(-c3cc(C)no3)c(-c3sccc3C)n2)CC1. The van der Waals surface area contributed by atoms with E-state index in [0.717, 1.165) is 60.5 Å². The summed E-state index contributed by atoms with van der Waals surface area (Å²) in [4.78, 5) is 15.5. The van der Waals surface area contributed by atoms with Crippen molar-refractivity contribution in [2.75, 3.05) is 37.6 Å². The Kier molecular flexibility index (Phi) is 4.74. The molecule has 1 saturated heterocycles. The van der Waals surface area contributed by atoms with E-state index in [1.165, 1.54) is 5.56 Å². The molecule has 0 bridgehead atoms. The summed E-state index contributed by atoms with van der Waals surface area (Å²) in [5.41, 5.74) is 3.89. The van der Waals surface area contributed by atoms with Crippen LogP contribution in [0.15, 0.2) is 28.2 Å². The van der Waals surface area contributed by atoms with E-state index in [1.54, 1.807) is 11.3 Å². The molecule has 0 radical (unpaired) electrons. The zero-order valence-electron chi connectivity index (χ0n) is 15.4. The van der Waals surface area contributed by atoms with Crippen LogP contribution in [0.5, 0.6) is 0 Å². The molecule has 7 heteroatoms.